The molecule has 1 heterocycles. The zero-order valence-corrected chi connectivity index (χ0v) is 9.80. The summed E-state index contributed by atoms with van der Waals surface area (Å²) in [5, 5.41) is 4.72. The molecule has 0 aliphatic rings. The van der Waals surface area contributed by atoms with Gasteiger partial charge in [-0.05, 0) is 12.5 Å². The zero-order valence-electron chi connectivity index (χ0n) is 9.80. The van der Waals surface area contributed by atoms with Gasteiger partial charge in [0.25, 0.3) is 5.91 Å². The van der Waals surface area contributed by atoms with Crippen LogP contribution in [0.4, 0.5) is 8.78 Å². The van der Waals surface area contributed by atoms with E-state index in [0.29, 0.717) is 6.54 Å². The summed E-state index contributed by atoms with van der Waals surface area (Å²) in [6.07, 6.45) is 1.74. The molecule has 1 aromatic rings. The van der Waals surface area contributed by atoms with Crippen LogP contribution in [0.2, 0.25) is 0 Å². The van der Waals surface area contributed by atoms with Crippen LogP contribution in [-0.2, 0) is 4.79 Å². The van der Waals surface area contributed by atoms with Gasteiger partial charge in [0.2, 0.25) is 11.9 Å². The van der Waals surface area contributed by atoms with Crippen LogP contribution in [0.15, 0.2) is 12.3 Å². The number of nitrogens with one attached hydrogen (secondary N) is 2. The number of halogens is 2. The van der Waals surface area contributed by atoms with Crippen molar-refractivity contribution < 1.29 is 18.4 Å². The minimum Gasteiger partial charge on any atom is -0.355 e. The Morgan fingerprint density at radius 3 is 2.72 bits per heavy atom. The summed E-state index contributed by atoms with van der Waals surface area (Å²) in [5.74, 6) is -3.93. The number of nitrogens with zero attached hydrogens (tertiary/aromatic N) is 1. The Labute approximate surface area is 103 Å². The van der Waals surface area contributed by atoms with Crippen molar-refractivity contribution in [2.75, 3.05) is 13.1 Å². The number of hydrogen-bond donors (Lipinski definition) is 2. The quantitative estimate of drug-likeness (QED) is 0.759. The van der Waals surface area contributed by atoms with E-state index in [2.05, 4.69) is 15.6 Å². The van der Waals surface area contributed by atoms with Crippen molar-refractivity contribution in [2.24, 2.45) is 0 Å². The van der Waals surface area contributed by atoms with E-state index < -0.39 is 23.2 Å². The smallest absolute Gasteiger partial charge is 0.254 e. The summed E-state index contributed by atoms with van der Waals surface area (Å²) in [6.45, 7) is 2.09. The number of rotatable bonds is 5. The number of amides is 2. The van der Waals surface area contributed by atoms with Gasteiger partial charge in [0.05, 0.1) is 12.1 Å². The zero-order chi connectivity index (χ0) is 13.5. The molecule has 2 N–H and O–H groups in total. The van der Waals surface area contributed by atoms with Crippen molar-refractivity contribution in [3.63, 3.8) is 0 Å². The van der Waals surface area contributed by atoms with Crippen molar-refractivity contribution in [2.45, 2.75) is 13.3 Å². The molecule has 0 bridgehead atoms. The van der Waals surface area contributed by atoms with Gasteiger partial charge in [-0.25, -0.2) is 9.37 Å². The molecule has 0 radical (unpaired) electrons. The van der Waals surface area contributed by atoms with E-state index in [9.17, 15) is 18.4 Å². The fourth-order valence-corrected chi connectivity index (χ4v) is 1.18. The Balaban J connectivity index is 2.55. The first-order chi connectivity index (χ1) is 8.56. The molecule has 5 nitrogen and oxygen atoms in total. The number of pyridine rings is 1. The molecule has 0 saturated heterocycles. The van der Waals surface area contributed by atoms with Crippen LogP contribution in [0.5, 0.6) is 0 Å². The standard InChI is InChI=1S/C11H13F2N3O2/c1-2-4-14-8(17)6-16-11(18)7-3-5-15-10(13)9(7)12/h3,5H,2,4,6H2,1H3,(H,14,17)(H,16,18). The third kappa shape index (κ3) is 3.76. The highest BCUT2D eigenvalue weighted by Crippen LogP contribution is 2.08. The molecule has 0 atom stereocenters. The Kier molecular flexibility index (Phi) is 5.16. The van der Waals surface area contributed by atoms with E-state index in [1.807, 2.05) is 6.92 Å². The van der Waals surface area contributed by atoms with Crippen LogP contribution in [0.25, 0.3) is 0 Å². The van der Waals surface area contributed by atoms with Gasteiger partial charge in [0.15, 0.2) is 5.82 Å². The maximum atomic E-state index is 13.2. The molecule has 1 rings (SSSR count). The predicted molar refractivity (Wildman–Crippen MR) is 59.8 cm³/mol. The second kappa shape index (κ2) is 6.63. The van der Waals surface area contributed by atoms with Crippen molar-refractivity contribution >= 4 is 11.8 Å². The van der Waals surface area contributed by atoms with Crippen LogP contribution >= 0.6 is 0 Å². The second-order valence-electron chi connectivity index (χ2n) is 3.50. The van der Waals surface area contributed by atoms with E-state index in [-0.39, 0.29) is 12.5 Å². The lowest BCUT2D eigenvalue weighted by atomic mass is 10.2. The Morgan fingerprint density at radius 1 is 1.33 bits per heavy atom. The molecule has 0 unspecified atom stereocenters. The van der Waals surface area contributed by atoms with Crippen molar-refractivity contribution in [3.05, 3.63) is 29.6 Å². The van der Waals surface area contributed by atoms with Crippen LogP contribution in [0, 0.1) is 11.8 Å². The first-order valence-electron chi connectivity index (χ1n) is 5.41. The molecule has 2 amide bonds. The molecule has 0 fully saturated rings. The minimum absolute atomic E-state index is 0.289. The first kappa shape index (κ1) is 14.0. The molecule has 7 heteroatoms. The Bertz CT molecular complexity index is 452. The summed E-state index contributed by atoms with van der Waals surface area (Å²) < 4.78 is 25.9. The van der Waals surface area contributed by atoms with Crippen molar-refractivity contribution in [1.29, 1.82) is 0 Å². The van der Waals surface area contributed by atoms with E-state index in [4.69, 9.17) is 0 Å². The fraction of sp³-hybridized carbons (Fsp3) is 0.364. The molecule has 0 aliphatic heterocycles. The molecule has 0 spiro atoms. The van der Waals surface area contributed by atoms with Crippen molar-refractivity contribution in [3.8, 4) is 0 Å². The highest BCUT2D eigenvalue weighted by atomic mass is 19.2. The van der Waals surface area contributed by atoms with Gasteiger partial charge in [0, 0.05) is 12.7 Å². The molecular weight excluding hydrogens is 244 g/mol. The molecule has 0 saturated carbocycles. The van der Waals surface area contributed by atoms with E-state index in [1.54, 1.807) is 0 Å². The minimum atomic E-state index is -1.35. The molecule has 0 aliphatic carbocycles. The summed E-state index contributed by atoms with van der Waals surface area (Å²) >= 11 is 0. The number of hydrogen-bond acceptors (Lipinski definition) is 3. The topological polar surface area (TPSA) is 71.1 Å². The predicted octanol–water partition coefficient (Wildman–Crippen LogP) is 0.616. The summed E-state index contributed by atoms with van der Waals surface area (Å²) in [6, 6.07) is 1.04. The van der Waals surface area contributed by atoms with Crippen molar-refractivity contribution in [1.82, 2.24) is 15.6 Å². The average molecular weight is 257 g/mol. The van der Waals surface area contributed by atoms with E-state index in [0.717, 1.165) is 18.7 Å². The lowest BCUT2D eigenvalue weighted by Crippen LogP contribution is -2.37. The highest BCUT2D eigenvalue weighted by Gasteiger charge is 2.16. The molecule has 1 aromatic heterocycles. The number of aromatic nitrogens is 1. The van der Waals surface area contributed by atoms with Gasteiger partial charge in [-0.15, -0.1) is 0 Å². The van der Waals surface area contributed by atoms with Crippen LogP contribution in [0.1, 0.15) is 23.7 Å². The summed E-state index contributed by atoms with van der Waals surface area (Å²) in [4.78, 5) is 25.7. The highest BCUT2D eigenvalue weighted by molar-refractivity contribution is 5.96. The maximum absolute atomic E-state index is 13.2. The number of carbonyl (C=O) groups excluding carboxylic acids is 2. The molecule has 0 aromatic carbocycles. The molecule has 98 valence electrons. The monoisotopic (exact) mass is 257 g/mol. The van der Waals surface area contributed by atoms with Crippen LogP contribution in [-0.4, -0.2) is 29.9 Å². The lowest BCUT2D eigenvalue weighted by molar-refractivity contribution is -0.120. The van der Waals surface area contributed by atoms with Gasteiger partial charge >= 0.3 is 0 Å². The summed E-state index contributed by atoms with van der Waals surface area (Å²) in [7, 11) is 0. The Morgan fingerprint density at radius 2 is 2.06 bits per heavy atom. The summed E-state index contributed by atoms with van der Waals surface area (Å²) in [5.41, 5.74) is -0.481. The third-order valence-corrected chi connectivity index (χ3v) is 2.07. The molecule has 18 heavy (non-hydrogen) atoms. The van der Waals surface area contributed by atoms with Gasteiger partial charge in [-0.1, -0.05) is 6.92 Å². The normalized spacial score (nSPS) is 9.94. The second-order valence-corrected chi connectivity index (χ2v) is 3.50. The van der Waals surface area contributed by atoms with Gasteiger partial charge in [0.1, 0.15) is 0 Å². The van der Waals surface area contributed by atoms with Gasteiger partial charge in [-0.2, -0.15) is 4.39 Å². The van der Waals surface area contributed by atoms with E-state index >= 15 is 0 Å². The van der Waals surface area contributed by atoms with Crippen LogP contribution < -0.4 is 10.6 Å². The fourth-order valence-electron chi connectivity index (χ4n) is 1.18. The SMILES string of the molecule is CCCNC(=O)CNC(=O)c1ccnc(F)c1F. The molecular formula is C11H13F2N3O2. The largest absolute Gasteiger partial charge is 0.355 e. The van der Waals surface area contributed by atoms with E-state index in [1.165, 1.54) is 0 Å². The Hall–Kier alpha value is -2.05. The average Bonchev–Trinajstić information content (AvgIpc) is 2.36. The lowest BCUT2D eigenvalue weighted by Gasteiger charge is -2.06. The maximum Gasteiger partial charge on any atom is 0.254 e. The van der Waals surface area contributed by atoms with Crippen LogP contribution in [0.3, 0.4) is 0 Å². The number of carbonyl (C=O) groups is 2. The first-order valence-corrected chi connectivity index (χ1v) is 5.41. The van der Waals surface area contributed by atoms with Gasteiger partial charge < -0.3 is 10.6 Å². The third-order valence-electron chi connectivity index (χ3n) is 2.07. The van der Waals surface area contributed by atoms with Gasteiger partial charge in [-0.3, -0.25) is 9.59 Å².